The van der Waals surface area contributed by atoms with E-state index in [1.165, 1.54) is 19.3 Å². The first-order valence-electron chi connectivity index (χ1n) is 19.8. The summed E-state index contributed by atoms with van der Waals surface area (Å²) in [4.78, 5) is 47.5. The molecule has 13 nitrogen and oxygen atoms in total. The summed E-state index contributed by atoms with van der Waals surface area (Å²) >= 11 is 0. The molecule has 53 heavy (non-hydrogen) atoms. The first-order chi connectivity index (χ1) is 25.3. The molecule has 2 unspecified atom stereocenters. The summed E-state index contributed by atoms with van der Waals surface area (Å²) in [6.45, 7) is 4.19. The molecule has 0 aromatic rings. The van der Waals surface area contributed by atoms with Crippen LogP contribution >= 0.6 is 7.82 Å². The van der Waals surface area contributed by atoms with Crippen molar-refractivity contribution in [2.75, 3.05) is 26.4 Å². The zero-order valence-electron chi connectivity index (χ0n) is 32.4. The number of hydrogen-bond donors (Lipinski definition) is 5. The summed E-state index contributed by atoms with van der Waals surface area (Å²) in [5.74, 6) is -1.15. The third kappa shape index (κ3) is 24.2. The normalized spacial score (nSPS) is 21.1. The van der Waals surface area contributed by atoms with Gasteiger partial charge in [-0.15, -0.1) is 0 Å². The molecule has 1 aliphatic carbocycles. The molecule has 0 saturated heterocycles. The van der Waals surface area contributed by atoms with Crippen LogP contribution in [0.15, 0.2) is 24.3 Å². The van der Waals surface area contributed by atoms with E-state index in [4.69, 9.17) is 19.1 Å². The number of phosphoric acid groups is 1. The predicted octanol–water partition coefficient (Wildman–Crippen LogP) is 6.28. The SMILES string of the molecule is CCCCC[C@H](O)/C=C/[C@H]1[C@H](O)CC(=O)[C@@H]1C/C=C\CCCC(=O)OC[C@H](COP(=O)(O)OC[C@@H](O)CO)OC(=O)CCCCCCCCC(C)CC. The summed E-state index contributed by atoms with van der Waals surface area (Å²) in [5.41, 5.74) is 0. The monoisotopic (exact) mass is 776 g/mol. The average molecular weight is 777 g/mol. The molecule has 5 N–H and O–H groups in total. The fourth-order valence-corrected chi connectivity index (χ4v) is 6.74. The molecular formula is C39H69O13P. The van der Waals surface area contributed by atoms with E-state index in [-0.39, 0.29) is 36.9 Å². The number of phosphoric ester groups is 1. The lowest BCUT2D eigenvalue weighted by Crippen LogP contribution is -2.29. The van der Waals surface area contributed by atoms with Gasteiger partial charge in [-0.1, -0.05) is 109 Å². The van der Waals surface area contributed by atoms with Gasteiger partial charge in [0.05, 0.1) is 32.0 Å². The van der Waals surface area contributed by atoms with Gasteiger partial charge in [0.1, 0.15) is 18.5 Å². The van der Waals surface area contributed by atoms with Gasteiger partial charge >= 0.3 is 19.8 Å². The number of ketones is 1. The van der Waals surface area contributed by atoms with E-state index in [0.717, 1.165) is 50.9 Å². The van der Waals surface area contributed by atoms with E-state index in [1.807, 2.05) is 12.2 Å². The van der Waals surface area contributed by atoms with Crippen molar-refractivity contribution >= 4 is 25.5 Å². The van der Waals surface area contributed by atoms with Crippen LogP contribution in [0.4, 0.5) is 0 Å². The van der Waals surface area contributed by atoms with Crippen LogP contribution in [0.25, 0.3) is 0 Å². The molecule has 14 heteroatoms. The van der Waals surface area contributed by atoms with Crippen molar-refractivity contribution in [1.82, 2.24) is 0 Å². The molecule has 8 atom stereocenters. The molecule has 0 radical (unpaired) electrons. The molecule has 0 aromatic heterocycles. The molecule has 1 saturated carbocycles. The number of Topliss-reactive ketones (excluding diaryl/α,β-unsaturated/α-hetero) is 1. The van der Waals surface area contributed by atoms with Crippen molar-refractivity contribution in [2.45, 2.75) is 161 Å². The molecule has 0 amide bonds. The number of carbonyl (C=O) groups is 3. The number of hydrogen-bond acceptors (Lipinski definition) is 12. The number of ether oxygens (including phenoxy) is 2. The van der Waals surface area contributed by atoms with Gasteiger partial charge < -0.3 is 34.8 Å². The summed E-state index contributed by atoms with van der Waals surface area (Å²) in [7, 11) is -4.67. The summed E-state index contributed by atoms with van der Waals surface area (Å²) in [6.07, 6.45) is 16.9. The van der Waals surface area contributed by atoms with Gasteiger partial charge in [-0.25, -0.2) is 4.57 Å². The lowest BCUT2D eigenvalue weighted by atomic mass is 9.90. The van der Waals surface area contributed by atoms with Crippen LogP contribution in [0, 0.1) is 17.8 Å². The maximum absolute atomic E-state index is 12.6. The number of unbranched alkanes of at least 4 members (excludes halogenated alkanes) is 8. The second-order valence-electron chi connectivity index (χ2n) is 14.3. The molecular weight excluding hydrogens is 707 g/mol. The number of aliphatic hydroxyl groups excluding tert-OH is 4. The Bertz CT molecular complexity index is 1110. The van der Waals surface area contributed by atoms with Crippen molar-refractivity contribution in [3.05, 3.63) is 24.3 Å². The fourth-order valence-electron chi connectivity index (χ4n) is 5.95. The van der Waals surface area contributed by atoms with E-state index >= 15 is 0 Å². The van der Waals surface area contributed by atoms with Crippen LogP contribution in [-0.2, 0) is 37.5 Å². The minimum Gasteiger partial charge on any atom is -0.462 e. The lowest BCUT2D eigenvalue weighted by Gasteiger charge is -2.20. The van der Waals surface area contributed by atoms with Gasteiger partial charge in [0.2, 0.25) is 0 Å². The molecule has 1 aliphatic rings. The standard InChI is InChI=1S/C39H69O13P/c1-4-6-13-19-31(41)23-24-35-34(36(43)25-37(35)44)20-15-11-12-16-21-38(45)49-28-33(29-51-53(47,48)50-27-32(42)26-40)52-39(46)22-17-10-8-7-9-14-18-30(3)5-2/h11,15,23-24,30-35,37,40-42,44H,4-10,12-14,16-22,25-29H2,1-3H3,(H,47,48)/b15-11-,24-23+/t30?,31-,32-,33+,34+,35+,37+/m0/s1. The van der Waals surface area contributed by atoms with Crippen LogP contribution in [0.3, 0.4) is 0 Å². The number of allylic oxidation sites excluding steroid dienone is 2. The second-order valence-corrected chi connectivity index (χ2v) is 15.8. The minimum atomic E-state index is -4.67. The van der Waals surface area contributed by atoms with Gasteiger partial charge in [-0.2, -0.15) is 0 Å². The fraction of sp³-hybridized carbons (Fsp3) is 0.821. The second kappa shape index (κ2) is 29.3. The predicted molar refractivity (Wildman–Crippen MR) is 202 cm³/mol. The first-order valence-corrected chi connectivity index (χ1v) is 21.3. The van der Waals surface area contributed by atoms with Crippen molar-refractivity contribution in [1.29, 1.82) is 0 Å². The maximum Gasteiger partial charge on any atom is 0.472 e. The molecule has 1 rings (SSSR count). The molecule has 0 heterocycles. The van der Waals surface area contributed by atoms with Crippen LogP contribution in [0.5, 0.6) is 0 Å². The Morgan fingerprint density at radius 1 is 0.887 bits per heavy atom. The molecule has 0 aromatic carbocycles. The Labute approximate surface area is 317 Å². The van der Waals surface area contributed by atoms with Crippen LogP contribution < -0.4 is 0 Å². The summed E-state index contributed by atoms with van der Waals surface area (Å²) in [5, 5.41) is 38.9. The highest BCUT2D eigenvalue weighted by atomic mass is 31.2. The number of esters is 2. The highest BCUT2D eigenvalue weighted by molar-refractivity contribution is 7.47. The average Bonchev–Trinajstić information content (AvgIpc) is 3.40. The largest absolute Gasteiger partial charge is 0.472 e. The molecule has 0 bridgehead atoms. The lowest BCUT2D eigenvalue weighted by molar-refractivity contribution is -0.161. The van der Waals surface area contributed by atoms with E-state index in [0.29, 0.717) is 32.1 Å². The Kier molecular flexibility index (Phi) is 27.2. The first kappa shape index (κ1) is 49.1. The summed E-state index contributed by atoms with van der Waals surface area (Å²) in [6, 6.07) is 0. The molecule has 0 aliphatic heterocycles. The topological polar surface area (TPSA) is 206 Å². The highest BCUT2D eigenvalue weighted by Gasteiger charge is 2.39. The van der Waals surface area contributed by atoms with Crippen molar-refractivity contribution < 1.29 is 62.8 Å². The van der Waals surface area contributed by atoms with Crippen molar-refractivity contribution in [3.8, 4) is 0 Å². The van der Waals surface area contributed by atoms with Crippen LogP contribution in [-0.4, -0.2) is 93.9 Å². The van der Waals surface area contributed by atoms with Crippen molar-refractivity contribution in [2.24, 2.45) is 17.8 Å². The minimum absolute atomic E-state index is 0.0187. The summed E-state index contributed by atoms with van der Waals surface area (Å²) < 4.78 is 32.5. The Balaban J connectivity index is 2.54. The van der Waals surface area contributed by atoms with Gasteiger partial charge in [0, 0.05) is 31.1 Å². The third-order valence-corrected chi connectivity index (χ3v) is 10.5. The Morgan fingerprint density at radius 2 is 1.55 bits per heavy atom. The zero-order valence-corrected chi connectivity index (χ0v) is 33.3. The van der Waals surface area contributed by atoms with E-state index < -0.39 is 70.6 Å². The Morgan fingerprint density at radius 3 is 2.25 bits per heavy atom. The van der Waals surface area contributed by atoms with Crippen LogP contribution in [0.1, 0.15) is 136 Å². The molecule has 0 spiro atoms. The van der Waals surface area contributed by atoms with Crippen LogP contribution in [0.2, 0.25) is 0 Å². The quantitative estimate of drug-likeness (QED) is 0.0221. The van der Waals surface area contributed by atoms with E-state index in [1.54, 1.807) is 12.2 Å². The highest BCUT2D eigenvalue weighted by Crippen LogP contribution is 2.43. The smallest absolute Gasteiger partial charge is 0.462 e. The Hall–Kier alpha value is -1.96. The maximum atomic E-state index is 12.6. The molecule has 308 valence electrons. The van der Waals surface area contributed by atoms with E-state index in [2.05, 4.69) is 25.3 Å². The third-order valence-electron chi connectivity index (χ3n) is 9.52. The van der Waals surface area contributed by atoms with Crippen molar-refractivity contribution in [3.63, 3.8) is 0 Å². The number of rotatable bonds is 32. The van der Waals surface area contributed by atoms with Gasteiger partial charge in [-0.05, 0) is 38.0 Å². The van der Waals surface area contributed by atoms with Gasteiger partial charge in [0.15, 0.2) is 6.10 Å². The van der Waals surface area contributed by atoms with Gasteiger partial charge in [0.25, 0.3) is 0 Å². The zero-order chi connectivity index (χ0) is 39.5. The number of aliphatic hydroxyl groups is 4. The van der Waals surface area contributed by atoms with Gasteiger partial charge in [-0.3, -0.25) is 23.4 Å². The molecule has 1 fully saturated rings. The van der Waals surface area contributed by atoms with E-state index in [9.17, 15) is 39.2 Å². The number of carbonyl (C=O) groups excluding carboxylic acids is 3.